The second-order valence-corrected chi connectivity index (χ2v) is 6.53. The molecule has 1 N–H and O–H groups in total. The highest BCUT2D eigenvalue weighted by atomic mass is 35.5. The predicted octanol–water partition coefficient (Wildman–Crippen LogP) is 4.60. The number of benzene rings is 1. The Morgan fingerprint density at radius 1 is 1.42 bits per heavy atom. The molecule has 0 saturated heterocycles. The van der Waals surface area contributed by atoms with Crippen LogP contribution in [0.25, 0.3) is 0 Å². The first-order chi connectivity index (χ1) is 8.92. The first-order valence-electron chi connectivity index (χ1n) is 7.09. The SMILES string of the molecule is CC(C)C1CCCCC1(O)Cc1ccc(F)c(Cl)c1. The predicted molar refractivity (Wildman–Crippen MR) is 76.9 cm³/mol. The van der Waals surface area contributed by atoms with Crippen molar-refractivity contribution < 1.29 is 9.50 Å². The van der Waals surface area contributed by atoms with Gasteiger partial charge in [-0.1, -0.05) is 44.4 Å². The van der Waals surface area contributed by atoms with Gasteiger partial charge in [0.1, 0.15) is 5.82 Å². The van der Waals surface area contributed by atoms with Gasteiger partial charge in [-0.15, -0.1) is 0 Å². The van der Waals surface area contributed by atoms with Crippen molar-refractivity contribution in [2.75, 3.05) is 0 Å². The lowest BCUT2D eigenvalue weighted by Gasteiger charge is -2.42. The van der Waals surface area contributed by atoms with Crippen LogP contribution < -0.4 is 0 Å². The molecule has 0 aliphatic heterocycles. The molecule has 0 heterocycles. The molecule has 1 fully saturated rings. The Morgan fingerprint density at radius 2 is 2.16 bits per heavy atom. The van der Waals surface area contributed by atoms with E-state index >= 15 is 0 Å². The average molecular weight is 285 g/mol. The van der Waals surface area contributed by atoms with Crippen LogP contribution >= 0.6 is 11.6 Å². The smallest absolute Gasteiger partial charge is 0.141 e. The third-order valence-corrected chi connectivity index (χ3v) is 4.65. The third kappa shape index (κ3) is 3.29. The molecule has 1 aliphatic carbocycles. The van der Waals surface area contributed by atoms with Crippen LogP contribution in [0.4, 0.5) is 4.39 Å². The highest BCUT2D eigenvalue weighted by Crippen LogP contribution is 2.40. The third-order valence-electron chi connectivity index (χ3n) is 4.36. The zero-order valence-electron chi connectivity index (χ0n) is 11.6. The molecular formula is C16H22ClFO. The highest BCUT2D eigenvalue weighted by molar-refractivity contribution is 6.30. The molecule has 1 nitrogen and oxygen atoms in total. The van der Waals surface area contributed by atoms with E-state index < -0.39 is 11.4 Å². The van der Waals surface area contributed by atoms with Crippen molar-refractivity contribution in [1.29, 1.82) is 0 Å². The van der Waals surface area contributed by atoms with Gasteiger partial charge in [-0.2, -0.15) is 0 Å². The monoisotopic (exact) mass is 284 g/mol. The van der Waals surface area contributed by atoms with E-state index in [0.29, 0.717) is 18.3 Å². The average Bonchev–Trinajstić information content (AvgIpc) is 2.33. The van der Waals surface area contributed by atoms with Gasteiger partial charge >= 0.3 is 0 Å². The molecule has 1 aromatic carbocycles. The highest BCUT2D eigenvalue weighted by Gasteiger charge is 2.40. The normalized spacial score (nSPS) is 27.8. The van der Waals surface area contributed by atoms with E-state index in [2.05, 4.69) is 13.8 Å². The summed E-state index contributed by atoms with van der Waals surface area (Å²) in [6, 6.07) is 4.75. The van der Waals surface area contributed by atoms with Crippen molar-refractivity contribution in [2.45, 2.75) is 51.6 Å². The van der Waals surface area contributed by atoms with Crippen LogP contribution in [0.1, 0.15) is 45.1 Å². The minimum atomic E-state index is -0.673. The number of hydrogen-bond donors (Lipinski definition) is 1. The molecule has 106 valence electrons. The Labute approximate surface area is 119 Å². The molecule has 1 saturated carbocycles. The molecule has 1 aliphatic rings. The van der Waals surface area contributed by atoms with Gasteiger partial charge in [0.2, 0.25) is 0 Å². The molecule has 19 heavy (non-hydrogen) atoms. The molecule has 3 heteroatoms. The van der Waals surface area contributed by atoms with Gasteiger partial charge < -0.3 is 5.11 Å². The molecule has 1 aromatic rings. The Hall–Kier alpha value is -0.600. The summed E-state index contributed by atoms with van der Waals surface area (Å²) in [6.45, 7) is 4.33. The molecule has 0 spiro atoms. The van der Waals surface area contributed by atoms with E-state index in [1.165, 1.54) is 12.5 Å². The van der Waals surface area contributed by atoms with Crippen LogP contribution in [0.3, 0.4) is 0 Å². The van der Waals surface area contributed by atoms with E-state index in [1.807, 2.05) is 0 Å². The maximum Gasteiger partial charge on any atom is 0.141 e. The molecule has 0 amide bonds. The Morgan fingerprint density at radius 3 is 2.79 bits per heavy atom. The Bertz CT molecular complexity index is 446. The summed E-state index contributed by atoms with van der Waals surface area (Å²) in [7, 11) is 0. The lowest BCUT2D eigenvalue weighted by atomic mass is 9.68. The van der Waals surface area contributed by atoms with Crippen LogP contribution in [-0.4, -0.2) is 10.7 Å². The Balaban J connectivity index is 2.20. The topological polar surface area (TPSA) is 20.2 Å². The van der Waals surface area contributed by atoms with E-state index in [4.69, 9.17) is 11.6 Å². The van der Waals surface area contributed by atoms with E-state index in [1.54, 1.807) is 12.1 Å². The largest absolute Gasteiger partial charge is 0.389 e. The van der Waals surface area contributed by atoms with Gasteiger partial charge in [0, 0.05) is 6.42 Å². The van der Waals surface area contributed by atoms with Gasteiger partial charge in [-0.05, 0) is 42.4 Å². The van der Waals surface area contributed by atoms with Crippen molar-refractivity contribution in [2.24, 2.45) is 11.8 Å². The zero-order valence-corrected chi connectivity index (χ0v) is 12.4. The van der Waals surface area contributed by atoms with Crippen LogP contribution in [0.15, 0.2) is 18.2 Å². The maximum atomic E-state index is 13.2. The molecule has 0 bridgehead atoms. The van der Waals surface area contributed by atoms with E-state index in [-0.39, 0.29) is 5.02 Å². The van der Waals surface area contributed by atoms with Crippen molar-refractivity contribution >= 4 is 11.6 Å². The fourth-order valence-electron chi connectivity index (χ4n) is 3.43. The zero-order chi connectivity index (χ0) is 14.0. The number of rotatable bonds is 3. The van der Waals surface area contributed by atoms with Gasteiger partial charge in [-0.3, -0.25) is 0 Å². The summed E-state index contributed by atoms with van der Waals surface area (Å²) >= 11 is 5.82. The fourth-order valence-corrected chi connectivity index (χ4v) is 3.63. The van der Waals surface area contributed by atoms with E-state index in [0.717, 1.165) is 24.8 Å². The fraction of sp³-hybridized carbons (Fsp3) is 0.625. The second kappa shape index (κ2) is 5.80. The van der Waals surface area contributed by atoms with Crippen LogP contribution in [0.2, 0.25) is 5.02 Å². The molecule has 0 radical (unpaired) electrons. The van der Waals surface area contributed by atoms with Gasteiger partial charge in [0.05, 0.1) is 10.6 Å². The summed E-state index contributed by atoms with van der Waals surface area (Å²) < 4.78 is 13.2. The first kappa shape index (κ1) is 14.8. The first-order valence-corrected chi connectivity index (χ1v) is 7.46. The maximum absolute atomic E-state index is 13.2. The van der Waals surface area contributed by atoms with Gasteiger partial charge in [0.25, 0.3) is 0 Å². The number of aliphatic hydroxyl groups is 1. The molecule has 0 aromatic heterocycles. The van der Waals surface area contributed by atoms with Crippen LogP contribution in [-0.2, 0) is 6.42 Å². The minimum absolute atomic E-state index is 0.137. The Kier molecular flexibility index (Phi) is 4.52. The summed E-state index contributed by atoms with van der Waals surface area (Å²) in [4.78, 5) is 0. The number of hydrogen-bond acceptors (Lipinski definition) is 1. The van der Waals surface area contributed by atoms with Gasteiger partial charge in [-0.25, -0.2) is 4.39 Å². The summed E-state index contributed by atoms with van der Waals surface area (Å²) in [5.41, 5.74) is 0.245. The lowest BCUT2D eigenvalue weighted by molar-refractivity contribution is -0.0652. The molecule has 2 rings (SSSR count). The summed E-state index contributed by atoms with van der Waals surface area (Å²) in [6.07, 6.45) is 4.72. The summed E-state index contributed by atoms with van der Waals surface area (Å²) in [5, 5.41) is 11.1. The minimum Gasteiger partial charge on any atom is -0.389 e. The van der Waals surface area contributed by atoms with Gasteiger partial charge in [0.15, 0.2) is 0 Å². The van der Waals surface area contributed by atoms with Crippen LogP contribution in [0.5, 0.6) is 0 Å². The van der Waals surface area contributed by atoms with Crippen molar-refractivity contribution in [1.82, 2.24) is 0 Å². The summed E-state index contributed by atoms with van der Waals surface area (Å²) in [5.74, 6) is 0.368. The number of halogens is 2. The molecule has 2 unspecified atom stereocenters. The van der Waals surface area contributed by atoms with E-state index in [9.17, 15) is 9.50 Å². The standard InChI is InChI=1S/C16H22ClFO/c1-11(2)13-5-3-4-8-16(13,19)10-12-6-7-15(18)14(17)9-12/h6-7,9,11,13,19H,3-5,8,10H2,1-2H3. The molecular weight excluding hydrogens is 263 g/mol. The quantitative estimate of drug-likeness (QED) is 0.860. The van der Waals surface area contributed by atoms with Crippen molar-refractivity contribution in [3.8, 4) is 0 Å². The van der Waals surface area contributed by atoms with Crippen molar-refractivity contribution in [3.63, 3.8) is 0 Å². The van der Waals surface area contributed by atoms with Crippen molar-refractivity contribution in [3.05, 3.63) is 34.6 Å². The molecule has 2 atom stereocenters. The second-order valence-electron chi connectivity index (χ2n) is 6.13. The van der Waals surface area contributed by atoms with Crippen LogP contribution in [0, 0.1) is 17.7 Å². The lowest BCUT2D eigenvalue weighted by Crippen LogP contribution is -2.45.